The first-order valence-corrected chi connectivity index (χ1v) is 5.96. The van der Waals surface area contributed by atoms with E-state index in [4.69, 9.17) is 0 Å². The largest absolute Gasteiger partial charge is 0.388 e. The average molecular weight is 246 g/mol. The minimum atomic E-state index is -0.589. The zero-order chi connectivity index (χ0) is 13.3. The molecule has 0 aliphatic carbocycles. The number of aryl methyl sites for hydroxylation is 4. The molecule has 0 spiro atoms. The van der Waals surface area contributed by atoms with Crippen LogP contribution in [0, 0.1) is 20.8 Å². The lowest BCUT2D eigenvalue weighted by atomic mass is 9.96. The maximum atomic E-state index is 10.3. The van der Waals surface area contributed by atoms with Crippen LogP contribution in [-0.2, 0) is 13.5 Å². The third-order valence-corrected chi connectivity index (χ3v) is 3.17. The predicted octanol–water partition coefficient (Wildman–Crippen LogP) is 1.41. The van der Waals surface area contributed by atoms with Crippen LogP contribution in [-0.4, -0.2) is 25.3 Å². The molecule has 1 aromatic heterocycles. The minimum Gasteiger partial charge on any atom is -0.388 e. The van der Waals surface area contributed by atoms with Crippen LogP contribution < -0.4 is 0 Å². The van der Waals surface area contributed by atoms with Crippen LogP contribution in [0.1, 0.15) is 34.2 Å². The molecular weight excluding hydrogens is 228 g/mol. The van der Waals surface area contributed by atoms with Crippen molar-refractivity contribution in [3.63, 3.8) is 0 Å². The summed E-state index contributed by atoms with van der Waals surface area (Å²) in [7, 11) is 1.71. The summed E-state index contributed by atoms with van der Waals surface area (Å²) in [6.07, 6.45) is -0.203. The summed E-state index contributed by atoms with van der Waals surface area (Å²) >= 11 is 0. The quantitative estimate of drug-likeness (QED) is 0.889. The van der Waals surface area contributed by atoms with Gasteiger partial charge in [-0.05, 0) is 48.2 Å². The van der Waals surface area contributed by atoms with E-state index in [1.165, 1.54) is 15.9 Å². The molecule has 1 unspecified atom stereocenters. The second-order valence-electron chi connectivity index (χ2n) is 4.71. The molecule has 1 N–H and O–H groups in total. The number of hydrogen-bond acceptors (Lipinski definition) is 4. The summed E-state index contributed by atoms with van der Waals surface area (Å²) in [6.45, 7) is 6.13. The third kappa shape index (κ3) is 2.56. The first-order chi connectivity index (χ1) is 8.47. The van der Waals surface area contributed by atoms with Crippen molar-refractivity contribution >= 4 is 0 Å². The third-order valence-electron chi connectivity index (χ3n) is 3.17. The van der Waals surface area contributed by atoms with Gasteiger partial charge in [0.2, 0.25) is 0 Å². The van der Waals surface area contributed by atoms with Gasteiger partial charge >= 0.3 is 0 Å². The molecule has 0 fully saturated rings. The van der Waals surface area contributed by atoms with Gasteiger partial charge in [0, 0.05) is 6.42 Å². The van der Waals surface area contributed by atoms with Crippen molar-refractivity contribution in [2.75, 3.05) is 0 Å². The maximum absolute atomic E-state index is 10.3. The molecular formula is C13H18N4O. The summed E-state index contributed by atoms with van der Waals surface area (Å²) in [5.41, 5.74) is 4.45. The van der Waals surface area contributed by atoms with Gasteiger partial charge < -0.3 is 5.11 Å². The molecule has 1 aromatic carbocycles. The summed E-state index contributed by atoms with van der Waals surface area (Å²) < 4.78 is 0. The lowest BCUT2D eigenvalue weighted by molar-refractivity contribution is 0.175. The van der Waals surface area contributed by atoms with E-state index in [9.17, 15) is 5.11 Å². The van der Waals surface area contributed by atoms with Crippen molar-refractivity contribution < 1.29 is 5.11 Å². The fraction of sp³-hybridized carbons (Fsp3) is 0.462. The Hall–Kier alpha value is -1.75. The van der Waals surface area contributed by atoms with Crippen LogP contribution in [0.25, 0.3) is 0 Å². The second kappa shape index (κ2) is 4.86. The first-order valence-electron chi connectivity index (χ1n) is 5.96. The zero-order valence-corrected chi connectivity index (χ0v) is 11.2. The number of rotatable bonds is 3. The molecule has 1 atom stereocenters. The number of hydrogen-bond donors (Lipinski definition) is 1. The molecule has 2 rings (SSSR count). The van der Waals surface area contributed by atoms with Crippen molar-refractivity contribution in [2.45, 2.75) is 33.3 Å². The molecule has 2 aromatic rings. The molecule has 0 bridgehead atoms. The Morgan fingerprint density at radius 3 is 2.44 bits per heavy atom. The van der Waals surface area contributed by atoms with Crippen molar-refractivity contribution in [1.29, 1.82) is 0 Å². The molecule has 0 saturated carbocycles. The number of aromatic nitrogens is 4. The lowest BCUT2D eigenvalue weighted by Gasteiger charge is -2.14. The Bertz CT molecular complexity index is 562. The standard InChI is InChI=1S/C13H18N4O/c1-8-5-10(3)11(6-9(8)2)12(18)7-13-14-16-17(4)15-13/h5-6,12,18H,7H2,1-4H3. The van der Waals surface area contributed by atoms with Gasteiger partial charge in [0.05, 0.1) is 13.2 Å². The summed E-state index contributed by atoms with van der Waals surface area (Å²) in [6, 6.07) is 4.13. The molecule has 1 heterocycles. The number of aliphatic hydroxyl groups is 1. The fourth-order valence-corrected chi connectivity index (χ4v) is 2.03. The topological polar surface area (TPSA) is 63.8 Å². The molecule has 5 heteroatoms. The monoisotopic (exact) mass is 246 g/mol. The van der Waals surface area contributed by atoms with Gasteiger partial charge in [-0.15, -0.1) is 10.2 Å². The Labute approximate surface area is 106 Å². The lowest BCUT2D eigenvalue weighted by Crippen LogP contribution is -2.06. The van der Waals surface area contributed by atoms with E-state index in [0.29, 0.717) is 12.2 Å². The van der Waals surface area contributed by atoms with Crippen LogP contribution in [0.5, 0.6) is 0 Å². The summed E-state index contributed by atoms with van der Waals surface area (Å²) in [5, 5.41) is 22.0. The van der Waals surface area contributed by atoms with Crippen molar-refractivity contribution in [3.8, 4) is 0 Å². The van der Waals surface area contributed by atoms with Crippen LogP contribution >= 0.6 is 0 Å². The average Bonchev–Trinajstić information content (AvgIpc) is 2.69. The number of tetrazole rings is 1. The highest BCUT2D eigenvalue weighted by atomic mass is 16.3. The van der Waals surface area contributed by atoms with Gasteiger partial charge in [0.1, 0.15) is 0 Å². The van der Waals surface area contributed by atoms with Crippen molar-refractivity contribution in [2.24, 2.45) is 7.05 Å². The first kappa shape index (κ1) is 12.7. The smallest absolute Gasteiger partial charge is 0.177 e. The van der Waals surface area contributed by atoms with E-state index in [2.05, 4.69) is 28.4 Å². The highest BCUT2D eigenvalue weighted by Gasteiger charge is 2.15. The molecule has 5 nitrogen and oxygen atoms in total. The van der Waals surface area contributed by atoms with Crippen molar-refractivity contribution in [3.05, 3.63) is 40.2 Å². The molecule has 0 radical (unpaired) electrons. The molecule has 0 saturated heterocycles. The zero-order valence-electron chi connectivity index (χ0n) is 11.2. The van der Waals surface area contributed by atoms with Gasteiger partial charge in [-0.3, -0.25) is 0 Å². The maximum Gasteiger partial charge on any atom is 0.177 e. The second-order valence-corrected chi connectivity index (χ2v) is 4.71. The Kier molecular flexibility index (Phi) is 3.43. The van der Waals surface area contributed by atoms with Crippen LogP contribution in [0.2, 0.25) is 0 Å². The number of nitrogens with zero attached hydrogens (tertiary/aromatic N) is 4. The number of benzene rings is 1. The van der Waals surface area contributed by atoms with E-state index in [1.807, 2.05) is 19.9 Å². The molecule has 0 aliphatic rings. The van der Waals surface area contributed by atoms with Crippen LogP contribution in [0.15, 0.2) is 12.1 Å². The van der Waals surface area contributed by atoms with Gasteiger partial charge in [0.25, 0.3) is 0 Å². The van der Waals surface area contributed by atoms with E-state index in [-0.39, 0.29) is 0 Å². The van der Waals surface area contributed by atoms with Gasteiger partial charge in [0.15, 0.2) is 5.82 Å². The predicted molar refractivity (Wildman–Crippen MR) is 68.1 cm³/mol. The van der Waals surface area contributed by atoms with Gasteiger partial charge in [-0.2, -0.15) is 4.80 Å². The van der Waals surface area contributed by atoms with Gasteiger partial charge in [-0.25, -0.2) is 0 Å². The van der Waals surface area contributed by atoms with E-state index < -0.39 is 6.10 Å². The van der Waals surface area contributed by atoms with E-state index in [0.717, 1.165) is 11.1 Å². The molecule has 0 aliphatic heterocycles. The van der Waals surface area contributed by atoms with Crippen LogP contribution in [0.4, 0.5) is 0 Å². The Balaban J connectivity index is 2.23. The Morgan fingerprint density at radius 1 is 1.17 bits per heavy atom. The van der Waals surface area contributed by atoms with Gasteiger partial charge in [-0.1, -0.05) is 12.1 Å². The Morgan fingerprint density at radius 2 is 1.83 bits per heavy atom. The summed E-state index contributed by atoms with van der Waals surface area (Å²) in [4.78, 5) is 1.40. The SMILES string of the molecule is Cc1cc(C)c(C(O)Cc2nnn(C)n2)cc1C. The highest BCUT2D eigenvalue weighted by molar-refractivity contribution is 5.37. The molecule has 0 amide bonds. The van der Waals surface area contributed by atoms with E-state index in [1.54, 1.807) is 7.05 Å². The molecule has 96 valence electrons. The number of aliphatic hydroxyl groups excluding tert-OH is 1. The fourth-order valence-electron chi connectivity index (χ4n) is 2.03. The van der Waals surface area contributed by atoms with E-state index >= 15 is 0 Å². The van der Waals surface area contributed by atoms with Crippen molar-refractivity contribution in [1.82, 2.24) is 20.2 Å². The molecule has 18 heavy (non-hydrogen) atoms. The van der Waals surface area contributed by atoms with Crippen LogP contribution in [0.3, 0.4) is 0 Å². The summed E-state index contributed by atoms with van der Waals surface area (Å²) in [5.74, 6) is 0.558. The minimum absolute atomic E-state index is 0.386. The highest BCUT2D eigenvalue weighted by Crippen LogP contribution is 2.23. The normalized spacial score (nSPS) is 12.7.